The van der Waals surface area contributed by atoms with E-state index in [-0.39, 0.29) is 24.4 Å². The molecule has 1 aromatic heterocycles. The number of rotatable bonds is 3. The number of amides is 2. The molecule has 4 N–H and O–H groups in total. The first-order valence-electron chi connectivity index (χ1n) is 5.76. The second-order valence-corrected chi connectivity index (χ2v) is 5.21. The van der Waals surface area contributed by atoms with E-state index in [4.69, 9.17) is 5.73 Å². The molecule has 1 aromatic rings. The number of thiophene rings is 1. The molecule has 0 spiro atoms. The Morgan fingerprint density at radius 1 is 1.50 bits per heavy atom. The van der Waals surface area contributed by atoms with Gasteiger partial charge in [-0.25, -0.2) is 0 Å². The van der Waals surface area contributed by atoms with Crippen molar-refractivity contribution in [1.82, 2.24) is 15.8 Å². The number of nitrogens with zero attached hydrogens (tertiary/aromatic N) is 1. The van der Waals surface area contributed by atoms with Crippen LogP contribution in [0.2, 0.25) is 0 Å². The molecule has 0 saturated carbocycles. The molecule has 0 unspecified atom stereocenters. The fraction of sp³-hybridized carbons (Fsp3) is 0.455. The molecule has 18 heavy (non-hydrogen) atoms. The Labute approximate surface area is 109 Å². The molecule has 6 nitrogen and oxygen atoms in total. The monoisotopic (exact) mass is 268 g/mol. The van der Waals surface area contributed by atoms with Gasteiger partial charge < -0.3 is 5.73 Å². The van der Waals surface area contributed by atoms with Crippen molar-refractivity contribution in [3.05, 3.63) is 22.4 Å². The molecule has 1 saturated heterocycles. The molecule has 0 bridgehead atoms. The predicted octanol–water partition coefficient (Wildman–Crippen LogP) is -0.458. The van der Waals surface area contributed by atoms with E-state index in [0.717, 1.165) is 19.5 Å². The highest BCUT2D eigenvalue weighted by Gasteiger charge is 2.21. The van der Waals surface area contributed by atoms with Crippen LogP contribution in [-0.2, 0) is 4.79 Å². The molecule has 7 heteroatoms. The minimum absolute atomic E-state index is 0.151. The number of carbonyl (C=O) groups is 2. The van der Waals surface area contributed by atoms with Gasteiger partial charge in [-0.05, 0) is 17.9 Å². The summed E-state index contributed by atoms with van der Waals surface area (Å²) in [5.41, 5.74) is 10.5. The van der Waals surface area contributed by atoms with Crippen LogP contribution in [0.1, 0.15) is 16.1 Å². The Morgan fingerprint density at radius 2 is 2.33 bits per heavy atom. The van der Waals surface area contributed by atoms with Crippen molar-refractivity contribution in [2.24, 2.45) is 5.73 Å². The zero-order chi connectivity index (χ0) is 13.0. The van der Waals surface area contributed by atoms with Gasteiger partial charge in [-0.15, -0.1) is 11.3 Å². The Hall–Kier alpha value is -1.44. The van der Waals surface area contributed by atoms with Gasteiger partial charge in [0.15, 0.2) is 0 Å². The van der Waals surface area contributed by atoms with E-state index in [9.17, 15) is 9.59 Å². The number of carbonyl (C=O) groups excluding carboxylic acids is 2. The molecule has 98 valence electrons. The molecule has 1 aliphatic heterocycles. The van der Waals surface area contributed by atoms with Crippen LogP contribution in [0.3, 0.4) is 0 Å². The van der Waals surface area contributed by atoms with E-state index in [1.54, 1.807) is 12.1 Å². The molecule has 1 aliphatic rings. The summed E-state index contributed by atoms with van der Waals surface area (Å²) in [5.74, 6) is -0.523. The van der Waals surface area contributed by atoms with E-state index in [0.29, 0.717) is 4.88 Å². The molecular weight excluding hydrogens is 252 g/mol. The topological polar surface area (TPSA) is 87.5 Å². The maximum Gasteiger partial charge on any atom is 0.279 e. The van der Waals surface area contributed by atoms with E-state index < -0.39 is 0 Å². The lowest BCUT2D eigenvalue weighted by Gasteiger charge is -2.14. The summed E-state index contributed by atoms with van der Waals surface area (Å²) in [6, 6.07) is 3.64. The van der Waals surface area contributed by atoms with Gasteiger partial charge in [0.1, 0.15) is 0 Å². The first-order chi connectivity index (χ1) is 8.65. The summed E-state index contributed by atoms with van der Waals surface area (Å²) in [6.45, 7) is 1.82. The fourth-order valence-corrected chi connectivity index (χ4v) is 2.46. The number of nitrogens with two attached hydrogens (primary N) is 1. The van der Waals surface area contributed by atoms with Crippen LogP contribution >= 0.6 is 11.3 Å². The SMILES string of the molecule is N[C@H]1CCN(CC(=O)NNC(=O)c2cccs2)C1. The van der Waals surface area contributed by atoms with Crippen LogP contribution in [0.4, 0.5) is 0 Å². The van der Waals surface area contributed by atoms with Gasteiger partial charge in [-0.2, -0.15) is 0 Å². The van der Waals surface area contributed by atoms with E-state index in [2.05, 4.69) is 10.9 Å². The molecule has 0 aromatic carbocycles. The number of nitrogens with one attached hydrogen (secondary N) is 2. The van der Waals surface area contributed by atoms with Crippen LogP contribution in [0.15, 0.2) is 17.5 Å². The summed E-state index contributed by atoms with van der Waals surface area (Å²) in [7, 11) is 0. The highest BCUT2D eigenvalue weighted by atomic mass is 32.1. The summed E-state index contributed by atoms with van der Waals surface area (Å²) < 4.78 is 0. The Morgan fingerprint density at radius 3 is 2.94 bits per heavy atom. The Bertz CT molecular complexity index is 421. The smallest absolute Gasteiger partial charge is 0.279 e. The van der Waals surface area contributed by atoms with Crippen molar-refractivity contribution in [3.8, 4) is 0 Å². The lowest BCUT2D eigenvalue weighted by Crippen LogP contribution is -2.46. The molecule has 1 atom stereocenters. The van der Waals surface area contributed by atoms with E-state index >= 15 is 0 Å². The highest BCUT2D eigenvalue weighted by molar-refractivity contribution is 7.12. The lowest BCUT2D eigenvalue weighted by molar-refractivity contribution is -0.122. The highest BCUT2D eigenvalue weighted by Crippen LogP contribution is 2.07. The van der Waals surface area contributed by atoms with Gasteiger partial charge in [-0.1, -0.05) is 6.07 Å². The minimum Gasteiger partial charge on any atom is -0.326 e. The number of hydrazine groups is 1. The van der Waals surface area contributed by atoms with Crippen molar-refractivity contribution in [1.29, 1.82) is 0 Å². The Balaban J connectivity index is 1.70. The first kappa shape index (κ1) is 13.0. The third-order valence-corrected chi connectivity index (χ3v) is 3.61. The van der Waals surface area contributed by atoms with Gasteiger partial charge in [0.05, 0.1) is 11.4 Å². The average Bonchev–Trinajstić information content (AvgIpc) is 2.97. The molecule has 1 fully saturated rings. The number of hydrogen-bond acceptors (Lipinski definition) is 5. The van der Waals surface area contributed by atoms with E-state index in [1.807, 2.05) is 10.3 Å². The van der Waals surface area contributed by atoms with Gasteiger partial charge in [0.2, 0.25) is 0 Å². The molecule has 0 aliphatic carbocycles. The van der Waals surface area contributed by atoms with Gasteiger partial charge in [-0.3, -0.25) is 25.3 Å². The predicted molar refractivity (Wildman–Crippen MR) is 69.0 cm³/mol. The largest absolute Gasteiger partial charge is 0.326 e. The van der Waals surface area contributed by atoms with Gasteiger partial charge in [0.25, 0.3) is 11.8 Å². The molecule has 2 amide bonds. The standard InChI is InChI=1S/C11H16N4O2S/c12-8-3-4-15(6-8)7-10(16)13-14-11(17)9-2-1-5-18-9/h1-2,5,8H,3-4,6-7,12H2,(H,13,16)(H,14,17)/t8-/m0/s1. The van der Waals surface area contributed by atoms with Crippen LogP contribution in [0, 0.1) is 0 Å². The van der Waals surface area contributed by atoms with Crippen LogP contribution in [0.25, 0.3) is 0 Å². The third kappa shape index (κ3) is 3.52. The second-order valence-electron chi connectivity index (χ2n) is 4.26. The van der Waals surface area contributed by atoms with Gasteiger partial charge in [0, 0.05) is 19.1 Å². The molecule has 0 radical (unpaired) electrons. The maximum absolute atomic E-state index is 11.6. The van der Waals surface area contributed by atoms with Crippen LogP contribution < -0.4 is 16.6 Å². The lowest BCUT2D eigenvalue weighted by atomic mass is 10.3. The van der Waals surface area contributed by atoms with Crippen molar-refractivity contribution >= 4 is 23.2 Å². The summed E-state index contributed by atoms with van der Waals surface area (Å²) in [6.07, 6.45) is 0.912. The van der Waals surface area contributed by atoms with Crippen molar-refractivity contribution in [2.75, 3.05) is 19.6 Å². The first-order valence-corrected chi connectivity index (χ1v) is 6.64. The average molecular weight is 268 g/mol. The third-order valence-electron chi connectivity index (χ3n) is 2.74. The fourth-order valence-electron chi connectivity index (χ4n) is 1.84. The molecular formula is C11H16N4O2S. The van der Waals surface area contributed by atoms with Crippen molar-refractivity contribution < 1.29 is 9.59 Å². The van der Waals surface area contributed by atoms with Crippen molar-refractivity contribution in [3.63, 3.8) is 0 Å². The summed E-state index contributed by atoms with van der Waals surface area (Å²) in [5, 5.41) is 1.81. The second kappa shape index (κ2) is 5.94. The van der Waals surface area contributed by atoms with Crippen molar-refractivity contribution in [2.45, 2.75) is 12.5 Å². The molecule has 2 rings (SSSR count). The zero-order valence-electron chi connectivity index (χ0n) is 9.89. The number of likely N-dealkylation sites (tertiary alicyclic amines) is 1. The zero-order valence-corrected chi connectivity index (χ0v) is 10.7. The quantitative estimate of drug-likeness (QED) is 0.648. The summed E-state index contributed by atoms with van der Waals surface area (Å²) in [4.78, 5) is 25.7. The van der Waals surface area contributed by atoms with Crippen LogP contribution in [-0.4, -0.2) is 42.4 Å². The van der Waals surface area contributed by atoms with E-state index in [1.165, 1.54) is 11.3 Å². The normalized spacial score (nSPS) is 19.7. The molecule has 2 heterocycles. The number of hydrogen-bond donors (Lipinski definition) is 3. The van der Waals surface area contributed by atoms with Crippen LogP contribution in [0.5, 0.6) is 0 Å². The summed E-state index contributed by atoms with van der Waals surface area (Å²) >= 11 is 1.33. The maximum atomic E-state index is 11.6. The Kier molecular flexibility index (Phi) is 4.29. The minimum atomic E-state index is -0.295. The van der Waals surface area contributed by atoms with Gasteiger partial charge >= 0.3 is 0 Å².